The Hall–Kier alpha value is -1.49. The zero-order chi connectivity index (χ0) is 12.9. The molecule has 5 heteroatoms. The van der Waals surface area contributed by atoms with Crippen LogP contribution in [0.3, 0.4) is 0 Å². The highest BCUT2D eigenvalue weighted by Gasteiger charge is 2.24. The molecule has 2 N–H and O–H groups in total. The minimum atomic E-state index is -0.263. The maximum Gasteiger partial charge on any atom is 0.271 e. The van der Waals surface area contributed by atoms with Crippen molar-refractivity contribution in [3.05, 3.63) is 24.3 Å². The highest BCUT2D eigenvalue weighted by atomic mass is 16.3. The largest absolute Gasteiger partial charge is 0.396 e. The normalized spacial score (nSPS) is 13.2. The molecule has 1 atom stereocenters. The van der Waals surface area contributed by atoms with E-state index in [1.54, 1.807) is 0 Å². The van der Waals surface area contributed by atoms with Crippen LogP contribution in [0.5, 0.6) is 0 Å². The molecule has 0 aliphatic heterocycles. The molecule has 1 heterocycles. The van der Waals surface area contributed by atoms with E-state index in [2.05, 4.69) is 15.3 Å². The summed E-state index contributed by atoms with van der Waals surface area (Å²) in [4.78, 5) is 19.4. The second-order valence-corrected chi connectivity index (χ2v) is 5.05. The summed E-state index contributed by atoms with van der Waals surface area (Å²) in [6.45, 7) is 6.56. The standard InChI is InChI=1S/C12H19N3O2/c1-12(2,3)9(8-16)6-15-11(17)10-7-13-4-5-14-10/h4-5,7,9,16H,6,8H2,1-3H3,(H,15,17). The quantitative estimate of drug-likeness (QED) is 0.814. The van der Waals surface area contributed by atoms with Crippen LogP contribution in [0.4, 0.5) is 0 Å². The van der Waals surface area contributed by atoms with Crippen LogP contribution in [0, 0.1) is 11.3 Å². The average molecular weight is 237 g/mol. The van der Waals surface area contributed by atoms with Crippen molar-refractivity contribution in [1.82, 2.24) is 15.3 Å². The number of aliphatic hydroxyl groups excluding tert-OH is 1. The summed E-state index contributed by atoms with van der Waals surface area (Å²) in [5.74, 6) is -0.246. The third kappa shape index (κ3) is 4.11. The highest BCUT2D eigenvalue weighted by molar-refractivity contribution is 5.91. The molecule has 1 rings (SSSR count). The monoisotopic (exact) mass is 237 g/mol. The van der Waals surface area contributed by atoms with E-state index in [0.29, 0.717) is 6.54 Å². The van der Waals surface area contributed by atoms with Gasteiger partial charge in [-0.1, -0.05) is 20.8 Å². The molecule has 94 valence electrons. The second-order valence-electron chi connectivity index (χ2n) is 5.05. The number of hydrogen-bond donors (Lipinski definition) is 2. The van der Waals surface area contributed by atoms with Gasteiger partial charge in [-0.3, -0.25) is 9.78 Å². The lowest BCUT2D eigenvalue weighted by Crippen LogP contribution is -2.37. The number of carbonyl (C=O) groups is 1. The van der Waals surface area contributed by atoms with Gasteiger partial charge in [0.1, 0.15) is 5.69 Å². The van der Waals surface area contributed by atoms with Gasteiger partial charge in [0.2, 0.25) is 0 Å². The Morgan fingerprint density at radius 1 is 1.47 bits per heavy atom. The third-order valence-corrected chi connectivity index (χ3v) is 2.75. The Labute approximate surface area is 101 Å². The Balaban J connectivity index is 2.54. The van der Waals surface area contributed by atoms with E-state index in [-0.39, 0.29) is 29.5 Å². The van der Waals surface area contributed by atoms with Crippen LogP contribution in [0.1, 0.15) is 31.3 Å². The molecule has 0 spiro atoms. The van der Waals surface area contributed by atoms with Gasteiger partial charge in [-0.25, -0.2) is 4.98 Å². The van der Waals surface area contributed by atoms with E-state index < -0.39 is 0 Å². The number of aliphatic hydroxyl groups is 1. The van der Waals surface area contributed by atoms with Crippen LogP contribution in [0.2, 0.25) is 0 Å². The van der Waals surface area contributed by atoms with Crippen molar-refractivity contribution in [2.75, 3.05) is 13.2 Å². The van der Waals surface area contributed by atoms with Gasteiger partial charge >= 0.3 is 0 Å². The summed E-state index contributed by atoms with van der Waals surface area (Å²) in [5.41, 5.74) is 0.239. The summed E-state index contributed by atoms with van der Waals surface area (Å²) in [7, 11) is 0. The van der Waals surface area contributed by atoms with Crippen molar-refractivity contribution in [2.45, 2.75) is 20.8 Å². The van der Waals surface area contributed by atoms with E-state index >= 15 is 0 Å². The molecule has 1 amide bonds. The molecule has 1 aromatic heterocycles. The fourth-order valence-electron chi connectivity index (χ4n) is 1.37. The lowest BCUT2D eigenvalue weighted by Gasteiger charge is -2.29. The first kappa shape index (κ1) is 13.6. The first-order valence-corrected chi connectivity index (χ1v) is 5.60. The van der Waals surface area contributed by atoms with Gasteiger partial charge in [-0.2, -0.15) is 0 Å². The van der Waals surface area contributed by atoms with E-state index in [9.17, 15) is 9.90 Å². The molecule has 0 aliphatic rings. The molecule has 1 aromatic rings. The first-order valence-electron chi connectivity index (χ1n) is 5.60. The lowest BCUT2D eigenvalue weighted by molar-refractivity contribution is 0.0891. The smallest absolute Gasteiger partial charge is 0.271 e. The molecule has 0 fully saturated rings. The first-order chi connectivity index (χ1) is 7.95. The van der Waals surface area contributed by atoms with E-state index in [1.165, 1.54) is 18.6 Å². The molecule has 1 unspecified atom stereocenters. The van der Waals surface area contributed by atoms with Gasteiger partial charge < -0.3 is 10.4 Å². The van der Waals surface area contributed by atoms with E-state index in [1.807, 2.05) is 20.8 Å². The lowest BCUT2D eigenvalue weighted by atomic mass is 9.81. The molecule has 0 radical (unpaired) electrons. The molecule has 5 nitrogen and oxygen atoms in total. The maximum atomic E-state index is 11.7. The van der Waals surface area contributed by atoms with Crippen molar-refractivity contribution >= 4 is 5.91 Å². The Morgan fingerprint density at radius 3 is 2.65 bits per heavy atom. The van der Waals surface area contributed by atoms with Crippen LogP contribution < -0.4 is 5.32 Å². The maximum absolute atomic E-state index is 11.7. The predicted octanol–water partition coefficient (Wildman–Crippen LogP) is 0.861. The Morgan fingerprint density at radius 2 is 2.18 bits per heavy atom. The van der Waals surface area contributed by atoms with Gasteiger partial charge in [0.15, 0.2) is 0 Å². The van der Waals surface area contributed by atoms with Gasteiger partial charge in [-0.15, -0.1) is 0 Å². The van der Waals surface area contributed by atoms with Crippen molar-refractivity contribution in [3.8, 4) is 0 Å². The van der Waals surface area contributed by atoms with Crippen molar-refractivity contribution in [2.24, 2.45) is 11.3 Å². The fourth-order valence-corrected chi connectivity index (χ4v) is 1.37. The minimum absolute atomic E-state index is 0.0168. The van der Waals surface area contributed by atoms with Gasteiger partial charge in [-0.05, 0) is 5.41 Å². The second kappa shape index (κ2) is 5.72. The molecule has 0 saturated heterocycles. The van der Waals surface area contributed by atoms with E-state index in [0.717, 1.165) is 0 Å². The van der Waals surface area contributed by atoms with Crippen LogP contribution in [-0.4, -0.2) is 34.1 Å². The number of nitrogens with one attached hydrogen (secondary N) is 1. The number of hydrogen-bond acceptors (Lipinski definition) is 4. The molecule has 0 aliphatic carbocycles. The van der Waals surface area contributed by atoms with Crippen LogP contribution in [0.15, 0.2) is 18.6 Å². The summed E-state index contributed by atoms with van der Waals surface area (Å²) in [6.07, 6.45) is 4.41. The van der Waals surface area contributed by atoms with E-state index in [4.69, 9.17) is 0 Å². The Bertz CT molecular complexity index is 360. The summed E-state index contributed by atoms with van der Waals surface area (Å²) >= 11 is 0. The average Bonchev–Trinajstić information content (AvgIpc) is 2.29. The third-order valence-electron chi connectivity index (χ3n) is 2.75. The molecular formula is C12H19N3O2. The number of aromatic nitrogens is 2. The topological polar surface area (TPSA) is 75.1 Å². The molecule has 0 saturated carbocycles. The number of rotatable bonds is 4. The molecule has 17 heavy (non-hydrogen) atoms. The zero-order valence-electron chi connectivity index (χ0n) is 10.5. The highest BCUT2D eigenvalue weighted by Crippen LogP contribution is 2.24. The van der Waals surface area contributed by atoms with Crippen LogP contribution in [-0.2, 0) is 0 Å². The van der Waals surface area contributed by atoms with Crippen molar-refractivity contribution in [3.63, 3.8) is 0 Å². The SMILES string of the molecule is CC(C)(C)C(CO)CNC(=O)c1cnccn1. The summed E-state index contributed by atoms with van der Waals surface area (Å²) < 4.78 is 0. The molecular weight excluding hydrogens is 218 g/mol. The van der Waals surface area contributed by atoms with Crippen molar-refractivity contribution in [1.29, 1.82) is 0 Å². The Kier molecular flexibility index (Phi) is 4.57. The predicted molar refractivity (Wildman–Crippen MR) is 64.4 cm³/mol. The van der Waals surface area contributed by atoms with Crippen LogP contribution >= 0.6 is 0 Å². The summed E-state index contributed by atoms with van der Waals surface area (Å²) in [6, 6.07) is 0. The minimum Gasteiger partial charge on any atom is -0.396 e. The van der Waals surface area contributed by atoms with Gasteiger partial charge in [0.05, 0.1) is 6.20 Å². The van der Waals surface area contributed by atoms with Gasteiger partial charge in [0, 0.05) is 31.5 Å². The van der Waals surface area contributed by atoms with Crippen molar-refractivity contribution < 1.29 is 9.90 Å². The number of nitrogens with zero attached hydrogens (tertiary/aromatic N) is 2. The fraction of sp³-hybridized carbons (Fsp3) is 0.583. The zero-order valence-corrected chi connectivity index (χ0v) is 10.5. The molecule has 0 aromatic carbocycles. The number of amides is 1. The molecule has 0 bridgehead atoms. The number of carbonyl (C=O) groups excluding carboxylic acids is 1. The summed E-state index contributed by atoms with van der Waals surface area (Å²) in [5, 5.41) is 12.0. The van der Waals surface area contributed by atoms with Crippen LogP contribution in [0.25, 0.3) is 0 Å². The van der Waals surface area contributed by atoms with Gasteiger partial charge in [0.25, 0.3) is 5.91 Å².